The van der Waals surface area contributed by atoms with Crippen LogP contribution < -0.4 is 0 Å². The van der Waals surface area contributed by atoms with Crippen molar-refractivity contribution in [1.29, 1.82) is 0 Å². The molecule has 0 aliphatic heterocycles. The number of rotatable bonds is 2. The molecule has 0 radical (unpaired) electrons. The summed E-state index contributed by atoms with van der Waals surface area (Å²) in [4.78, 5) is 0. The molecule has 0 amide bonds. The van der Waals surface area contributed by atoms with Crippen molar-refractivity contribution in [1.82, 2.24) is 4.57 Å². The minimum atomic E-state index is 0.792. The van der Waals surface area contributed by atoms with Crippen molar-refractivity contribution < 1.29 is 4.42 Å². The van der Waals surface area contributed by atoms with Gasteiger partial charge in [-0.3, -0.25) is 0 Å². The summed E-state index contributed by atoms with van der Waals surface area (Å²) < 4.78 is 7.57. The fourth-order valence-corrected chi connectivity index (χ4v) is 2.00. The first-order chi connectivity index (χ1) is 7.83. The smallest absolute Gasteiger partial charge is 0.123 e. The summed E-state index contributed by atoms with van der Waals surface area (Å²) in [6.07, 6.45) is 3.82. The van der Waals surface area contributed by atoms with Crippen LogP contribution in [0.3, 0.4) is 0 Å². The van der Waals surface area contributed by atoms with Gasteiger partial charge in [-0.15, -0.1) is 0 Å². The summed E-state index contributed by atoms with van der Waals surface area (Å²) in [7, 11) is 0. The van der Waals surface area contributed by atoms with E-state index >= 15 is 0 Å². The highest BCUT2D eigenvalue weighted by molar-refractivity contribution is 5.80. The molecule has 3 rings (SSSR count). The second-order valence-corrected chi connectivity index (χ2v) is 4.09. The summed E-state index contributed by atoms with van der Waals surface area (Å²) in [5.74, 6) is 0.985. The van der Waals surface area contributed by atoms with E-state index in [4.69, 9.17) is 4.42 Å². The Morgan fingerprint density at radius 3 is 2.94 bits per heavy atom. The van der Waals surface area contributed by atoms with E-state index in [1.54, 1.807) is 6.26 Å². The third-order valence-electron chi connectivity index (χ3n) is 2.84. The molecule has 0 saturated carbocycles. The lowest BCUT2D eigenvalue weighted by molar-refractivity contribution is 0.497. The monoisotopic (exact) mass is 211 g/mol. The molecular weight excluding hydrogens is 198 g/mol. The molecule has 0 saturated heterocycles. The molecule has 1 aromatic carbocycles. The van der Waals surface area contributed by atoms with Crippen LogP contribution in [0.15, 0.2) is 53.3 Å². The van der Waals surface area contributed by atoms with Crippen molar-refractivity contribution in [2.75, 3.05) is 0 Å². The van der Waals surface area contributed by atoms with Gasteiger partial charge in [0.15, 0.2) is 0 Å². The molecule has 0 bridgehead atoms. The van der Waals surface area contributed by atoms with E-state index in [9.17, 15) is 0 Å². The van der Waals surface area contributed by atoms with Crippen LogP contribution in [0.2, 0.25) is 0 Å². The van der Waals surface area contributed by atoms with Gasteiger partial charge in [0, 0.05) is 11.7 Å². The topological polar surface area (TPSA) is 18.1 Å². The number of hydrogen-bond donors (Lipinski definition) is 0. The van der Waals surface area contributed by atoms with Crippen molar-refractivity contribution in [3.63, 3.8) is 0 Å². The lowest BCUT2D eigenvalue weighted by Crippen LogP contribution is -1.96. The van der Waals surface area contributed by atoms with Crippen LogP contribution in [0.4, 0.5) is 0 Å². The Kier molecular flexibility index (Phi) is 2.07. The Balaban J connectivity index is 2.07. The molecule has 80 valence electrons. The number of aryl methyl sites for hydroxylation is 1. The van der Waals surface area contributed by atoms with Crippen molar-refractivity contribution in [2.45, 2.75) is 13.5 Å². The first kappa shape index (κ1) is 9.28. The van der Waals surface area contributed by atoms with E-state index in [2.05, 4.69) is 42.0 Å². The number of furan rings is 1. The van der Waals surface area contributed by atoms with E-state index in [1.807, 2.05) is 12.1 Å². The predicted octanol–water partition coefficient (Wildman–Crippen LogP) is 3.59. The zero-order chi connectivity index (χ0) is 11.0. The van der Waals surface area contributed by atoms with E-state index in [0.29, 0.717) is 0 Å². The molecule has 2 heteroatoms. The van der Waals surface area contributed by atoms with Crippen molar-refractivity contribution in [2.24, 2.45) is 0 Å². The van der Waals surface area contributed by atoms with Gasteiger partial charge < -0.3 is 8.98 Å². The van der Waals surface area contributed by atoms with Crippen molar-refractivity contribution in [3.8, 4) is 0 Å². The maximum atomic E-state index is 5.37. The summed E-state index contributed by atoms with van der Waals surface area (Å²) in [5, 5.41) is 1.28. The molecule has 3 aromatic rings. The van der Waals surface area contributed by atoms with Gasteiger partial charge in [-0.2, -0.15) is 0 Å². The van der Waals surface area contributed by atoms with Crippen LogP contribution in [0, 0.1) is 6.92 Å². The molecular formula is C14H13NO. The number of benzene rings is 1. The third kappa shape index (κ3) is 1.52. The molecule has 0 fully saturated rings. The number of fused-ring (bicyclic) bond motifs is 1. The maximum Gasteiger partial charge on any atom is 0.123 e. The first-order valence-electron chi connectivity index (χ1n) is 5.41. The van der Waals surface area contributed by atoms with Crippen LogP contribution in [0.25, 0.3) is 10.9 Å². The van der Waals surface area contributed by atoms with Crippen molar-refractivity contribution in [3.05, 3.63) is 60.2 Å². The zero-order valence-electron chi connectivity index (χ0n) is 9.18. The fourth-order valence-electron chi connectivity index (χ4n) is 2.00. The lowest BCUT2D eigenvalue weighted by Gasteiger charge is -2.03. The molecule has 2 heterocycles. The Hall–Kier alpha value is -1.96. The Morgan fingerprint density at radius 1 is 1.19 bits per heavy atom. The van der Waals surface area contributed by atoms with E-state index in [0.717, 1.165) is 12.3 Å². The highest BCUT2D eigenvalue weighted by Crippen LogP contribution is 2.18. The molecule has 0 unspecified atom stereocenters. The van der Waals surface area contributed by atoms with Crippen LogP contribution in [-0.2, 0) is 6.54 Å². The van der Waals surface area contributed by atoms with Crippen LogP contribution in [0.1, 0.15) is 11.3 Å². The quantitative estimate of drug-likeness (QED) is 0.633. The van der Waals surface area contributed by atoms with Crippen LogP contribution in [0.5, 0.6) is 0 Å². The highest BCUT2D eigenvalue weighted by Gasteiger charge is 2.03. The molecule has 0 N–H and O–H groups in total. The average molecular weight is 211 g/mol. The van der Waals surface area contributed by atoms with Gasteiger partial charge in [0.1, 0.15) is 5.76 Å². The number of hydrogen-bond acceptors (Lipinski definition) is 1. The molecule has 2 aromatic heterocycles. The molecule has 0 spiro atoms. The van der Waals surface area contributed by atoms with Gasteiger partial charge in [0.05, 0.1) is 12.8 Å². The summed E-state index contributed by atoms with van der Waals surface area (Å²) in [6, 6.07) is 12.6. The standard InChI is InChI=1S/C14H13NO/c1-11-4-5-12-6-7-15(14(12)9-11)10-13-3-2-8-16-13/h2-9H,10H2,1H3. The summed E-state index contributed by atoms with van der Waals surface area (Å²) in [6.45, 7) is 2.91. The van der Waals surface area contributed by atoms with Gasteiger partial charge in [-0.05, 0) is 42.1 Å². The normalized spacial score (nSPS) is 11.1. The van der Waals surface area contributed by atoms with E-state index < -0.39 is 0 Å². The first-order valence-corrected chi connectivity index (χ1v) is 5.41. The predicted molar refractivity (Wildman–Crippen MR) is 64.5 cm³/mol. The maximum absolute atomic E-state index is 5.37. The average Bonchev–Trinajstić information content (AvgIpc) is 2.90. The Morgan fingerprint density at radius 2 is 2.12 bits per heavy atom. The molecule has 16 heavy (non-hydrogen) atoms. The minimum absolute atomic E-state index is 0.792. The molecule has 0 aliphatic rings. The number of nitrogens with zero attached hydrogens (tertiary/aromatic N) is 1. The van der Waals surface area contributed by atoms with E-state index in [-0.39, 0.29) is 0 Å². The summed E-state index contributed by atoms with van der Waals surface area (Å²) in [5.41, 5.74) is 2.54. The van der Waals surface area contributed by atoms with Crippen LogP contribution in [-0.4, -0.2) is 4.57 Å². The molecule has 0 atom stereocenters. The van der Waals surface area contributed by atoms with Gasteiger partial charge in [0.25, 0.3) is 0 Å². The van der Waals surface area contributed by atoms with E-state index in [1.165, 1.54) is 16.5 Å². The summed E-state index contributed by atoms with van der Waals surface area (Å²) >= 11 is 0. The number of aromatic nitrogens is 1. The largest absolute Gasteiger partial charge is 0.467 e. The van der Waals surface area contributed by atoms with Gasteiger partial charge in [0.2, 0.25) is 0 Å². The second kappa shape index (κ2) is 3.56. The highest BCUT2D eigenvalue weighted by atomic mass is 16.3. The molecule has 2 nitrogen and oxygen atoms in total. The molecule has 0 aliphatic carbocycles. The Bertz CT molecular complexity index is 605. The van der Waals surface area contributed by atoms with Gasteiger partial charge in [-0.1, -0.05) is 12.1 Å². The second-order valence-electron chi connectivity index (χ2n) is 4.09. The van der Waals surface area contributed by atoms with Gasteiger partial charge in [-0.25, -0.2) is 0 Å². The van der Waals surface area contributed by atoms with Crippen LogP contribution >= 0.6 is 0 Å². The fraction of sp³-hybridized carbons (Fsp3) is 0.143. The third-order valence-corrected chi connectivity index (χ3v) is 2.84. The van der Waals surface area contributed by atoms with Crippen molar-refractivity contribution >= 4 is 10.9 Å². The SMILES string of the molecule is Cc1ccc2ccn(Cc3ccco3)c2c1. The zero-order valence-corrected chi connectivity index (χ0v) is 9.18. The minimum Gasteiger partial charge on any atom is -0.467 e. The van der Waals surface area contributed by atoms with Gasteiger partial charge >= 0.3 is 0 Å². The lowest BCUT2D eigenvalue weighted by atomic mass is 10.2. The Labute approximate surface area is 94.1 Å².